The molecule has 2 amide bonds. The summed E-state index contributed by atoms with van der Waals surface area (Å²) in [5.74, 6) is 0.640. The Balaban J connectivity index is 1.34. The first kappa shape index (κ1) is 19.9. The maximum atomic E-state index is 13.1. The number of amides is 2. The third-order valence-electron chi connectivity index (χ3n) is 6.37. The fourth-order valence-corrected chi connectivity index (χ4v) is 5.03. The van der Waals surface area contributed by atoms with Gasteiger partial charge >= 0.3 is 0 Å². The average Bonchev–Trinajstić information content (AvgIpc) is 3.36. The van der Waals surface area contributed by atoms with E-state index in [9.17, 15) is 9.59 Å². The molecule has 2 aliphatic heterocycles. The van der Waals surface area contributed by atoms with E-state index in [4.69, 9.17) is 4.74 Å². The van der Waals surface area contributed by atoms with Crippen molar-refractivity contribution < 1.29 is 14.3 Å². The Bertz CT molecular complexity index is 656. The van der Waals surface area contributed by atoms with Crippen LogP contribution in [0.3, 0.4) is 0 Å². The van der Waals surface area contributed by atoms with E-state index in [1.54, 1.807) is 11.3 Å². The predicted molar refractivity (Wildman–Crippen MR) is 110 cm³/mol. The van der Waals surface area contributed by atoms with Crippen molar-refractivity contribution in [3.05, 3.63) is 22.4 Å². The lowest BCUT2D eigenvalue weighted by molar-refractivity contribution is -0.140. The van der Waals surface area contributed by atoms with Crippen molar-refractivity contribution in [3.63, 3.8) is 0 Å². The number of nitrogens with zero attached hydrogens (tertiary/aromatic N) is 3. The van der Waals surface area contributed by atoms with Gasteiger partial charge in [0, 0.05) is 50.6 Å². The van der Waals surface area contributed by atoms with Crippen LogP contribution in [0.2, 0.25) is 0 Å². The molecule has 0 radical (unpaired) electrons. The minimum atomic E-state index is 0.105. The molecular formula is C21H31N3O3S. The van der Waals surface area contributed by atoms with Gasteiger partial charge in [-0.3, -0.25) is 14.5 Å². The van der Waals surface area contributed by atoms with E-state index in [-0.39, 0.29) is 17.9 Å². The molecule has 1 aromatic heterocycles. The molecule has 3 aliphatic rings. The van der Waals surface area contributed by atoms with E-state index in [2.05, 4.69) is 9.80 Å². The van der Waals surface area contributed by atoms with Crippen LogP contribution in [0.1, 0.15) is 42.5 Å². The van der Waals surface area contributed by atoms with E-state index >= 15 is 0 Å². The largest absolute Gasteiger partial charge is 0.379 e. The third-order valence-corrected chi connectivity index (χ3v) is 7.06. The van der Waals surface area contributed by atoms with Gasteiger partial charge < -0.3 is 14.5 Å². The lowest BCUT2D eigenvalue weighted by Crippen LogP contribution is -2.48. The van der Waals surface area contributed by atoms with Gasteiger partial charge in [0.05, 0.1) is 24.8 Å². The zero-order valence-corrected chi connectivity index (χ0v) is 17.4. The Morgan fingerprint density at radius 1 is 1.18 bits per heavy atom. The Kier molecular flexibility index (Phi) is 6.65. The molecule has 0 spiro atoms. The summed E-state index contributed by atoms with van der Waals surface area (Å²) in [5.41, 5.74) is 0.773. The number of carbonyl (C=O) groups excluding carboxylic acids is 2. The lowest BCUT2D eigenvalue weighted by atomic mass is 9.84. The zero-order valence-electron chi connectivity index (χ0n) is 16.6. The molecule has 3 fully saturated rings. The van der Waals surface area contributed by atoms with Crippen molar-refractivity contribution >= 4 is 23.2 Å². The number of hydrogen-bond donors (Lipinski definition) is 0. The summed E-state index contributed by atoms with van der Waals surface area (Å²) < 4.78 is 5.42. The topological polar surface area (TPSA) is 53.1 Å². The van der Waals surface area contributed by atoms with Gasteiger partial charge in [-0.15, -0.1) is 0 Å². The summed E-state index contributed by atoms with van der Waals surface area (Å²) in [6.45, 7) is 6.84. The molecule has 4 rings (SSSR count). The monoisotopic (exact) mass is 405 g/mol. The molecule has 28 heavy (non-hydrogen) atoms. The second kappa shape index (κ2) is 9.37. The number of rotatable bonds is 7. The van der Waals surface area contributed by atoms with Gasteiger partial charge in [-0.2, -0.15) is 11.3 Å². The number of carbonyl (C=O) groups is 2. The first-order valence-corrected chi connectivity index (χ1v) is 11.6. The molecule has 0 aromatic carbocycles. The highest BCUT2D eigenvalue weighted by Crippen LogP contribution is 2.30. The van der Waals surface area contributed by atoms with Gasteiger partial charge in [0.15, 0.2) is 0 Å². The molecule has 3 heterocycles. The van der Waals surface area contributed by atoms with Gasteiger partial charge in [-0.05, 0) is 37.1 Å². The molecule has 1 atom stereocenters. The fourth-order valence-electron chi connectivity index (χ4n) is 4.40. The van der Waals surface area contributed by atoms with Crippen LogP contribution in [0.25, 0.3) is 0 Å². The van der Waals surface area contributed by atoms with Crippen LogP contribution < -0.4 is 0 Å². The summed E-state index contributed by atoms with van der Waals surface area (Å²) in [4.78, 5) is 32.2. The van der Waals surface area contributed by atoms with Crippen molar-refractivity contribution in [2.45, 2.75) is 38.1 Å². The molecule has 2 saturated heterocycles. The maximum absolute atomic E-state index is 13.1. The van der Waals surface area contributed by atoms with Crippen molar-refractivity contribution in [3.8, 4) is 0 Å². The van der Waals surface area contributed by atoms with E-state index < -0.39 is 0 Å². The van der Waals surface area contributed by atoms with E-state index in [1.165, 1.54) is 6.42 Å². The standard InChI is InChI=1S/C21H31N3O3S/c25-20(18-6-14-28-16-18)23-9-5-19(15-23)24(21(26)17-3-1-4-17)8-2-7-22-10-12-27-13-11-22/h6,14,16-17,19H,1-5,7-13,15H2. The molecule has 6 nitrogen and oxygen atoms in total. The van der Waals surface area contributed by atoms with Crippen molar-refractivity contribution in [1.29, 1.82) is 0 Å². The summed E-state index contributed by atoms with van der Waals surface area (Å²) in [6.07, 6.45) is 5.12. The van der Waals surface area contributed by atoms with Gasteiger partial charge in [0.2, 0.25) is 5.91 Å². The number of thiophene rings is 1. The Hall–Kier alpha value is -1.44. The molecule has 0 N–H and O–H groups in total. The minimum Gasteiger partial charge on any atom is -0.379 e. The van der Waals surface area contributed by atoms with Gasteiger partial charge in [0.25, 0.3) is 5.91 Å². The molecule has 1 aromatic rings. The lowest BCUT2D eigenvalue weighted by Gasteiger charge is -2.36. The third kappa shape index (κ3) is 4.58. The maximum Gasteiger partial charge on any atom is 0.254 e. The highest BCUT2D eigenvalue weighted by Gasteiger charge is 2.37. The van der Waals surface area contributed by atoms with Crippen molar-refractivity contribution in [2.75, 3.05) is 52.5 Å². The van der Waals surface area contributed by atoms with Gasteiger partial charge in [0.1, 0.15) is 0 Å². The average molecular weight is 406 g/mol. The van der Waals surface area contributed by atoms with Crippen LogP contribution >= 0.6 is 11.3 Å². The molecule has 1 saturated carbocycles. The van der Waals surface area contributed by atoms with Crippen LogP contribution in [0.4, 0.5) is 0 Å². The Morgan fingerprint density at radius 3 is 2.68 bits per heavy atom. The summed E-state index contributed by atoms with van der Waals surface area (Å²) in [7, 11) is 0. The second-order valence-corrected chi connectivity index (χ2v) is 8.95. The number of ether oxygens (including phenoxy) is 1. The molecule has 7 heteroatoms. The van der Waals surface area contributed by atoms with Gasteiger partial charge in [-0.1, -0.05) is 6.42 Å². The minimum absolute atomic E-state index is 0.105. The van der Waals surface area contributed by atoms with Crippen LogP contribution in [-0.2, 0) is 9.53 Å². The van der Waals surface area contributed by atoms with Crippen LogP contribution in [-0.4, -0.2) is 85.0 Å². The van der Waals surface area contributed by atoms with Crippen LogP contribution in [0, 0.1) is 5.92 Å². The van der Waals surface area contributed by atoms with E-state index in [1.807, 2.05) is 21.7 Å². The molecule has 1 aliphatic carbocycles. The first-order valence-electron chi connectivity index (χ1n) is 10.6. The Morgan fingerprint density at radius 2 is 2.00 bits per heavy atom. The smallest absolute Gasteiger partial charge is 0.254 e. The molecule has 1 unspecified atom stereocenters. The van der Waals surface area contributed by atoms with E-state index in [0.717, 1.165) is 77.2 Å². The first-order chi connectivity index (χ1) is 13.7. The predicted octanol–water partition coefficient (Wildman–Crippen LogP) is 2.31. The zero-order chi connectivity index (χ0) is 19.3. The number of hydrogen-bond acceptors (Lipinski definition) is 5. The van der Waals surface area contributed by atoms with Crippen molar-refractivity contribution in [1.82, 2.24) is 14.7 Å². The van der Waals surface area contributed by atoms with Crippen molar-refractivity contribution in [2.24, 2.45) is 5.92 Å². The normalized spacial score (nSPS) is 23.6. The molecular weight excluding hydrogens is 374 g/mol. The Labute approximate surface area is 171 Å². The number of likely N-dealkylation sites (tertiary alicyclic amines) is 1. The SMILES string of the molecule is O=C(c1ccsc1)N1CCC(N(CCCN2CCOCC2)C(=O)C2CCC2)C1. The molecule has 154 valence electrons. The summed E-state index contributed by atoms with van der Waals surface area (Å²) >= 11 is 1.55. The number of morpholine rings is 1. The second-order valence-electron chi connectivity index (χ2n) is 8.17. The highest BCUT2D eigenvalue weighted by molar-refractivity contribution is 7.08. The van der Waals surface area contributed by atoms with Crippen LogP contribution in [0.15, 0.2) is 16.8 Å². The van der Waals surface area contributed by atoms with Crippen LogP contribution in [0.5, 0.6) is 0 Å². The fraction of sp³-hybridized carbons (Fsp3) is 0.714. The molecule has 0 bridgehead atoms. The van der Waals surface area contributed by atoms with E-state index in [0.29, 0.717) is 12.5 Å². The summed E-state index contributed by atoms with van der Waals surface area (Å²) in [5, 5.41) is 3.86. The summed E-state index contributed by atoms with van der Waals surface area (Å²) in [6, 6.07) is 2.06. The van der Waals surface area contributed by atoms with Gasteiger partial charge in [-0.25, -0.2) is 0 Å². The quantitative estimate of drug-likeness (QED) is 0.699. The highest BCUT2D eigenvalue weighted by atomic mass is 32.1.